The van der Waals surface area contributed by atoms with E-state index in [4.69, 9.17) is 4.74 Å². The zero-order valence-corrected chi connectivity index (χ0v) is 17.7. The Kier molecular flexibility index (Phi) is 6.44. The SMILES string of the molecule is COc1ccc(NS(=O)(=O)c2ccc(C(=O)NCC(C)N(C)C3CC3)cc2)cc1. The number of carbonyl (C=O) groups excluding carboxylic acids is 1. The van der Waals surface area contributed by atoms with Crippen molar-refractivity contribution < 1.29 is 17.9 Å². The third-order valence-electron chi connectivity index (χ3n) is 5.15. The molecule has 8 heteroatoms. The largest absolute Gasteiger partial charge is 0.497 e. The summed E-state index contributed by atoms with van der Waals surface area (Å²) in [5, 5.41) is 2.91. The molecule has 3 rings (SSSR count). The molecule has 0 aliphatic heterocycles. The zero-order valence-electron chi connectivity index (χ0n) is 16.9. The van der Waals surface area contributed by atoms with Crippen LogP contribution >= 0.6 is 0 Å². The lowest BCUT2D eigenvalue weighted by Gasteiger charge is -2.24. The van der Waals surface area contributed by atoms with Gasteiger partial charge in [-0.25, -0.2) is 8.42 Å². The van der Waals surface area contributed by atoms with Crippen molar-refractivity contribution in [2.45, 2.75) is 36.7 Å². The van der Waals surface area contributed by atoms with Crippen LogP contribution in [0, 0.1) is 0 Å². The van der Waals surface area contributed by atoms with E-state index in [1.54, 1.807) is 31.4 Å². The van der Waals surface area contributed by atoms with E-state index in [-0.39, 0.29) is 16.8 Å². The quantitative estimate of drug-likeness (QED) is 0.655. The van der Waals surface area contributed by atoms with Gasteiger partial charge in [-0.3, -0.25) is 14.4 Å². The van der Waals surface area contributed by atoms with Crippen molar-refractivity contribution in [3.05, 3.63) is 54.1 Å². The summed E-state index contributed by atoms with van der Waals surface area (Å²) >= 11 is 0. The lowest BCUT2D eigenvalue weighted by atomic mass is 10.2. The first kappa shape index (κ1) is 21.1. The number of rotatable bonds is 9. The number of anilines is 1. The van der Waals surface area contributed by atoms with Crippen molar-refractivity contribution in [3.8, 4) is 5.75 Å². The highest BCUT2D eigenvalue weighted by molar-refractivity contribution is 7.92. The molecule has 0 spiro atoms. The summed E-state index contributed by atoms with van der Waals surface area (Å²) < 4.78 is 32.7. The predicted octanol–water partition coefficient (Wildman–Crippen LogP) is 2.71. The van der Waals surface area contributed by atoms with E-state index in [0.717, 1.165) is 0 Å². The maximum atomic E-state index is 12.5. The van der Waals surface area contributed by atoms with Crippen molar-refractivity contribution in [1.82, 2.24) is 10.2 Å². The number of ether oxygens (including phenoxy) is 1. The highest BCUT2D eigenvalue weighted by Crippen LogP contribution is 2.26. The van der Waals surface area contributed by atoms with Crippen LogP contribution in [0.3, 0.4) is 0 Å². The van der Waals surface area contributed by atoms with Crippen molar-refractivity contribution in [2.75, 3.05) is 25.4 Å². The lowest BCUT2D eigenvalue weighted by Crippen LogP contribution is -2.41. The Morgan fingerprint density at radius 2 is 1.76 bits per heavy atom. The number of benzene rings is 2. The number of sulfonamides is 1. The molecule has 1 fully saturated rings. The Balaban J connectivity index is 1.59. The predicted molar refractivity (Wildman–Crippen MR) is 113 cm³/mol. The molecular formula is C21H27N3O4S. The second-order valence-electron chi connectivity index (χ2n) is 7.31. The van der Waals surface area contributed by atoms with Crippen LogP contribution in [0.2, 0.25) is 0 Å². The van der Waals surface area contributed by atoms with Crippen LogP contribution in [0.25, 0.3) is 0 Å². The number of likely N-dealkylation sites (N-methyl/N-ethyl adjacent to an activating group) is 1. The summed E-state index contributed by atoms with van der Waals surface area (Å²) in [6.45, 7) is 2.63. The molecule has 2 aromatic rings. The zero-order chi connectivity index (χ0) is 21.0. The smallest absolute Gasteiger partial charge is 0.261 e. The monoisotopic (exact) mass is 417 g/mol. The van der Waals surface area contributed by atoms with Crippen molar-refractivity contribution in [2.24, 2.45) is 0 Å². The van der Waals surface area contributed by atoms with Crippen LogP contribution in [0.4, 0.5) is 5.69 Å². The fourth-order valence-corrected chi connectivity index (χ4v) is 4.05. The van der Waals surface area contributed by atoms with E-state index >= 15 is 0 Å². The first-order valence-electron chi connectivity index (χ1n) is 9.57. The third kappa shape index (κ3) is 5.48. The molecule has 1 atom stereocenters. The van der Waals surface area contributed by atoms with E-state index in [1.165, 1.54) is 37.1 Å². The highest BCUT2D eigenvalue weighted by atomic mass is 32.2. The van der Waals surface area contributed by atoms with Crippen LogP contribution in [-0.2, 0) is 10.0 Å². The van der Waals surface area contributed by atoms with Crippen LogP contribution in [0.5, 0.6) is 5.75 Å². The number of hydrogen-bond acceptors (Lipinski definition) is 5. The molecule has 29 heavy (non-hydrogen) atoms. The van der Waals surface area contributed by atoms with Gasteiger partial charge < -0.3 is 10.1 Å². The van der Waals surface area contributed by atoms with Gasteiger partial charge in [0.1, 0.15) is 5.75 Å². The highest BCUT2D eigenvalue weighted by Gasteiger charge is 2.29. The Labute approximate surface area is 172 Å². The van der Waals surface area contributed by atoms with Crippen LogP contribution < -0.4 is 14.8 Å². The molecule has 0 aromatic heterocycles. The number of hydrogen-bond donors (Lipinski definition) is 2. The Morgan fingerprint density at radius 3 is 2.31 bits per heavy atom. The molecule has 0 bridgehead atoms. The standard InChI is InChI=1S/C21H27N3O4S/c1-15(24(2)18-8-9-18)14-22-21(25)16-4-12-20(13-5-16)29(26,27)23-17-6-10-19(28-3)11-7-17/h4-7,10-13,15,18,23H,8-9,14H2,1-3H3,(H,22,25). The second kappa shape index (κ2) is 8.84. The molecule has 1 aliphatic carbocycles. The molecule has 1 unspecified atom stereocenters. The van der Waals surface area contributed by atoms with Crippen LogP contribution in [-0.4, -0.2) is 52.0 Å². The van der Waals surface area contributed by atoms with Crippen LogP contribution in [0.15, 0.2) is 53.4 Å². The first-order valence-corrected chi connectivity index (χ1v) is 11.1. The van der Waals surface area contributed by atoms with Crippen molar-refractivity contribution in [1.29, 1.82) is 0 Å². The molecule has 0 heterocycles. The van der Waals surface area contributed by atoms with Gasteiger partial charge >= 0.3 is 0 Å². The molecule has 1 amide bonds. The summed E-state index contributed by atoms with van der Waals surface area (Å²) in [7, 11) is -0.126. The van der Waals surface area contributed by atoms with E-state index < -0.39 is 10.0 Å². The maximum Gasteiger partial charge on any atom is 0.261 e. The molecule has 1 aliphatic rings. The number of nitrogens with zero attached hydrogens (tertiary/aromatic N) is 1. The normalized spacial score (nSPS) is 15.0. The van der Waals surface area contributed by atoms with Crippen molar-refractivity contribution >= 4 is 21.6 Å². The van der Waals surface area contributed by atoms with Gasteiger partial charge in [0.2, 0.25) is 0 Å². The van der Waals surface area contributed by atoms with Gasteiger partial charge in [-0.15, -0.1) is 0 Å². The van der Waals surface area contributed by atoms with Gasteiger partial charge in [0.25, 0.3) is 15.9 Å². The minimum atomic E-state index is -3.74. The fourth-order valence-electron chi connectivity index (χ4n) is 2.99. The van der Waals surface area contributed by atoms with Gasteiger partial charge in [0.05, 0.1) is 12.0 Å². The van der Waals surface area contributed by atoms with Gasteiger partial charge in [-0.1, -0.05) is 0 Å². The van der Waals surface area contributed by atoms with Gasteiger partial charge in [-0.2, -0.15) is 0 Å². The summed E-state index contributed by atoms with van der Waals surface area (Å²) in [6.07, 6.45) is 2.44. The second-order valence-corrected chi connectivity index (χ2v) is 9.00. The minimum absolute atomic E-state index is 0.0895. The number of amides is 1. The summed E-state index contributed by atoms with van der Waals surface area (Å²) in [6, 6.07) is 13.4. The van der Waals surface area contributed by atoms with Gasteiger partial charge in [0, 0.05) is 29.9 Å². The molecule has 1 saturated carbocycles. The average molecular weight is 418 g/mol. The molecule has 156 valence electrons. The molecule has 7 nitrogen and oxygen atoms in total. The van der Waals surface area contributed by atoms with E-state index in [0.29, 0.717) is 29.6 Å². The average Bonchev–Trinajstić information content (AvgIpc) is 3.57. The summed E-state index contributed by atoms with van der Waals surface area (Å²) in [5.41, 5.74) is 0.857. The molecule has 0 radical (unpaired) electrons. The Morgan fingerprint density at radius 1 is 1.14 bits per heavy atom. The number of methoxy groups -OCH3 is 1. The first-order chi connectivity index (χ1) is 13.8. The summed E-state index contributed by atoms with van der Waals surface area (Å²) in [4.78, 5) is 14.7. The van der Waals surface area contributed by atoms with Crippen molar-refractivity contribution in [3.63, 3.8) is 0 Å². The van der Waals surface area contributed by atoms with E-state index in [2.05, 4.69) is 28.9 Å². The molecular weight excluding hydrogens is 390 g/mol. The fraction of sp³-hybridized carbons (Fsp3) is 0.381. The number of nitrogens with one attached hydrogen (secondary N) is 2. The lowest BCUT2D eigenvalue weighted by molar-refractivity contribution is 0.0939. The van der Waals surface area contributed by atoms with E-state index in [9.17, 15) is 13.2 Å². The maximum absolute atomic E-state index is 12.5. The molecule has 0 saturated heterocycles. The van der Waals surface area contributed by atoms with Crippen LogP contribution in [0.1, 0.15) is 30.1 Å². The topological polar surface area (TPSA) is 87.7 Å². The van der Waals surface area contributed by atoms with Gasteiger partial charge in [0.15, 0.2) is 0 Å². The molecule has 2 aromatic carbocycles. The van der Waals surface area contributed by atoms with Gasteiger partial charge in [-0.05, 0) is 75.3 Å². The minimum Gasteiger partial charge on any atom is -0.497 e. The molecule has 2 N–H and O–H groups in total. The Hall–Kier alpha value is -2.58. The van der Waals surface area contributed by atoms with E-state index in [1.807, 2.05) is 0 Å². The summed E-state index contributed by atoms with van der Waals surface area (Å²) in [5.74, 6) is 0.425. The Bertz CT molecular complexity index is 939. The third-order valence-corrected chi connectivity index (χ3v) is 6.54. The number of carbonyl (C=O) groups is 1.